The number of nitrogens with zero attached hydrogens (tertiary/aromatic N) is 2. The molecule has 1 amide bonds. The Morgan fingerprint density at radius 1 is 1.11 bits per heavy atom. The Morgan fingerprint density at radius 2 is 1.82 bits per heavy atom. The number of amides is 1. The maximum absolute atomic E-state index is 13.8. The van der Waals surface area contributed by atoms with Crippen LogP contribution in [0, 0.1) is 5.82 Å². The first-order valence-corrected chi connectivity index (χ1v) is 12.9. The molecule has 5 nitrogen and oxygen atoms in total. The predicted octanol–water partition coefficient (Wildman–Crippen LogP) is 5.25. The van der Waals surface area contributed by atoms with Gasteiger partial charge in [-0.05, 0) is 54.3 Å². The fraction of sp³-hybridized carbons (Fsp3) is 0.536. The maximum Gasteiger partial charge on any atom is 0.416 e. The average Bonchev–Trinajstić information content (AvgIpc) is 3.27. The molecule has 0 bridgehead atoms. The van der Waals surface area contributed by atoms with Gasteiger partial charge < -0.3 is 14.4 Å². The standard InChI is InChI=1S/C28H31F5N2O3/c1-17(20-10-18(15-29)11-21(12-20)28(31,32)33)38-25-16-35-24(27(25)19-2-4-22(30)5-3-19)13-23(14-26(35)36)34-6-8-37-9-7-34/h2-5,10-12,17,23-25,27H,6-9,13-16H2,1H3/t17-,23?,24+,25+,27+/m1/s1. The zero-order chi connectivity index (χ0) is 27.0. The molecule has 3 saturated heterocycles. The summed E-state index contributed by atoms with van der Waals surface area (Å²) >= 11 is 0. The van der Waals surface area contributed by atoms with E-state index in [-0.39, 0.29) is 47.4 Å². The molecule has 38 heavy (non-hydrogen) atoms. The van der Waals surface area contributed by atoms with Gasteiger partial charge in [-0.15, -0.1) is 0 Å². The molecule has 5 atom stereocenters. The van der Waals surface area contributed by atoms with E-state index < -0.39 is 30.6 Å². The molecular weight excluding hydrogens is 507 g/mol. The summed E-state index contributed by atoms with van der Waals surface area (Å²) in [6, 6.07) is 9.10. The fourth-order valence-electron chi connectivity index (χ4n) is 6.13. The number of fused-ring (bicyclic) bond motifs is 1. The Kier molecular flexibility index (Phi) is 7.75. The minimum atomic E-state index is -4.62. The molecule has 0 aromatic heterocycles. The first kappa shape index (κ1) is 27.0. The molecule has 2 aromatic rings. The van der Waals surface area contributed by atoms with Gasteiger partial charge in [-0.2, -0.15) is 13.2 Å². The maximum atomic E-state index is 13.8. The van der Waals surface area contributed by atoms with Crippen LogP contribution in [0.25, 0.3) is 0 Å². The average molecular weight is 539 g/mol. The van der Waals surface area contributed by atoms with Crippen LogP contribution in [0.3, 0.4) is 0 Å². The lowest BCUT2D eigenvalue weighted by Crippen LogP contribution is -2.53. The van der Waals surface area contributed by atoms with Crippen molar-refractivity contribution in [1.29, 1.82) is 0 Å². The summed E-state index contributed by atoms with van der Waals surface area (Å²) in [4.78, 5) is 17.4. The lowest BCUT2D eigenvalue weighted by molar-refractivity contribution is -0.139. The number of benzene rings is 2. The van der Waals surface area contributed by atoms with Crippen molar-refractivity contribution in [2.75, 3.05) is 32.8 Å². The molecule has 1 unspecified atom stereocenters. The van der Waals surface area contributed by atoms with E-state index in [2.05, 4.69) is 4.90 Å². The molecule has 2 aromatic carbocycles. The van der Waals surface area contributed by atoms with Crippen molar-refractivity contribution >= 4 is 5.91 Å². The molecule has 3 fully saturated rings. The zero-order valence-corrected chi connectivity index (χ0v) is 21.1. The van der Waals surface area contributed by atoms with E-state index in [9.17, 15) is 26.7 Å². The van der Waals surface area contributed by atoms with Gasteiger partial charge in [0.05, 0.1) is 31.0 Å². The molecule has 0 N–H and O–H groups in total. The summed E-state index contributed by atoms with van der Waals surface area (Å²) in [7, 11) is 0. The molecule has 206 valence electrons. The summed E-state index contributed by atoms with van der Waals surface area (Å²) < 4.78 is 79.4. The highest BCUT2D eigenvalue weighted by atomic mass is 19.4. The highest BCUT2D eigenvalue weighted by Crippen LogP contribution is 2.43. The predicted molar refractivity (Wildman–Crippen MR) is 130 cm³/mol. The van der Waals surface area contributed by atoms with Crippen LogP contribution in [-0.2, 0) is 27.1 Å². The van der Waals surface area contributed by atoms with Gasteiger partial charge >= 0.3 is 6.18 Å². The molecule has 3 aliphatic heterocycles. The van der Waals surface area contributed by atoms with Crippen molar-refractivity contribution in [2.24, 2.45) is 0 Å². The van der Waals surface area contributed by atoms with Crippen molar-refractivity contribution in [2.45, 2.75) is 62.8 Å². The van der Waals surface area contributed by atoms with Crippen LogP contribution in [0.4, 0.5) is 22.0 Å². The van der Waals surface area contributed by atoms with Gasteiger partial charge in [0.25, 0.3) is 0 Å². The molecular formula is C28H31F5N2O3. The van der Waals surface area contributed by atoms with Crippen LogP contribution in [0.15, 0.2) is 42.5 Å². The molecule has 0 radical (unpaired) electrons. The van der Waals surface area contributed by atoms with Crippen LogP contribution < -0.4 is 0 Å². The largest absolute Gasteiger partial charge is 0.416 e. The van der Waals surface area contributed by atoms with E-state index >= 15 is 0 Å². The first-order chi connectivity index (χ1) is 18.1. The Hall–Kier alpha value is -2.56. The second-order valence-corrected chi connectivity index (χ2v) is 10.3. The van der Waals surface area contributed by atoms with Crippen molar-refractivity contribution < 1.29 is 36.2 Å². The smallest absolute Gasteiger partial charge is 0.379 e. The number of rotatable bonds is 6. The summed E-state index contributed by atoms with van der Waals surface area (Å²) in [5.41, 5.74) is 0.0148. The van der Waals surface area contributed by atoms with E-state index in [1.807, 2.05) is 4.90 Å². The molecule has 0 aliphatic carbocycles. The Morgan fingerprint density at radius 3 is 2.47 bits per heavy atom. The number of hydrogen-bond acceptors (Lipinski definition) is 4. The number of carbonyl (C=O) groups is 1. The van der Waals surface area contributed by atoms with Crippen molar-refractivity contribution in [3.8, 4) is 0 Å². The van der Waals surface area contributed by atoms with Crippen LogP contribution in [0.5, 0.6) is 0 Å². The van der Waals surface area contributed by atoms with Crippen LogP contribution >= 0.6 is 0 Å². The van der Waals surface area contributed by atoms with Gasteiger partial charge in [0.15, 0.2) is 0 Å². The number of carbonyl (C=O) groups excluding carboxylic acids is 1. The second-order valence-electron chi connectivity index (χ2n) is 10.3. The molecule has 3 aliphatic rings. The van der Waals surface area contributed by atoms with Crippen molar-refractivity contribution in [3.05, 3.63) is 70.5 Å². The van der Waals surface area contributed by atoms with E-state index in [1.54, 1.807) is 19.1 Å². The number of morpholine rings is 1. The number of halogens is 5. The Bertz CT molecular complexity index is 1140. The van der Waals surface area contributed by atoms with Gasteiger partial charge in [-0.1, -0.05) is 18.2 Å². The van der Waals surface area contributed by atoms with Crippen LogP contribution in [0.1, 0.15) is 54.0 Å². The second kappa shape index (κ2) is 10.9. The summed E-state index contributed by atoms with van der Waals surface area (Å²) in [6.07, 6.45) is -4.86. The lowest BCUT2D eigenvalue weighted by Gasteiger charge is -2.42. The SMILES string of the molecule is C[C@@H](O[C@H]1CN2C(=O)CC(N3CCOCC3)C[C@H]2[C@@H]1c1ccc(F)cc1)c1cc(CF)cc(C(F)(F)F)c1. The van der Waals surface area contributed by atoms with E-state index in [0.29, 0.717) is 26.1 Å². The zero-order valence-electron chi connectivity index (χ0n) is 21.1. The number of piperidine rings is 1. The molecule has 0 saturated carbocycles. The Labute approximate surface area is 218 Å². The highest BCUT2D eigenvalue weighted by molar-refractivity contribution is 5.79. The van der Waals surface area contributed by atoms with Gasteiger partial charge in [0, 0.05) is 44.1 Å². The molecule has 3 heterocycles. The third-order valence-corrected chi connectivity index (χ3v) is 8.00. The van der Waals surface area contributed by atoms with E-state index in [0.717, 1.165) is 30.8 Å². The minimum Gasteiger partial charge on any atom is -0.379 e. The quantitative estimate of drug-likeness (QED) is 0.472. The van der Waals surface area contributed by atoms with Gasteiger partial charge in [0.2, 0.25) is 5.91 Å². The van der Waals surface area contributed by atoms with Gasteiger partial charge in [0.1, 0.15) is 12.5 Å². The number of alkyl halides is 4. The monoisotopic (exact) mass is 538 g/mol. The van der Waals surface area contributed by atoms with Crippen LogP contribution in [-0.4, -0.2) is 66.7 Å². The lowest BCUT2D eigenvalue weighted by atomic mass is 9.83. The van der Waals surface area contributed by atoms with Crippen LogP contribution in [0.2, 0.25) is 0 Å². The van der Waals surface area contributed by atoms with Gasteiger partial charge in [-0.25, -0.2) is 8.78 Å². The molecule has 5 rings (SSSR count). The minimum absolute atomic E-state index is 0.00221. The normalized spacial score (nSPS) is 27.4. The topological polar surface area (TPSA) is 42.0 Å². The molecule has 0 spiro atoms. The van der Waals surface area contributed by atoms with Gasteiger partial charge in [-0.3, -0.25) is 9.69 Å². The third-order valence-electron chi connectivity index (χ3n) is 8.00. The highest BCUT2D eigenvalue weighted by Gasteiger charge is 2.50. The number of hydrogen-bond donors (Lipinski definition) is 0. The third kappa shape index (κ3) is 5.58. The first-order valence-electron chi connectivity index (χ1n) is 12.9. The Balaban J connectivity index is 1.44. The van der Waals surface area contributed by atoms with E-state index in [4.69, 9.17) is 9.47 Å². The van der Waals surface area contributed by atoms with Crippen molar-refractivity contribution in [3.63, 3.8) is 0 Å². The summed E-state index contributed by atoms with van der Waals surface area (Å²) in [5.74, 6) is -0.678. The van der Waals surface area contributed by atoms with Crippen molar-refractivity contribution in [1.82, 2.24) is 9.80 Å². The summed E-state index contributed by atoms with van der Waals surface area (Å²) in [6.45, 7) is 3.60. The molecule has 10 heteroatoms. The fourth-order valence-corrected chi connectivity index (χ4v) is 6.13. The summed E-state index contributed by atoms with van der Waals surface area (Å²) in [5, 5.41) is 0. The number of ether oxygens (including phenoxy) is 2. The van der Waals surface area contributed by atoms with E-state index in [1.165, 1.54) is 18.2 Å².